The fraction of sp³-hybridized carbons (Fsp3) is 0.0588. The van der Waals surface area contributed by atoms with Gasteiger partial charge in [0.2, 0.25) is 0 Å². The number of rotatable bonds is 6. The summed E-state index contributed by atoms with van der Waals surface area (Å²) < 4.78 is 39.6. The summed E-state index contributed by atoms with van der Waals surface area (Å²) in [5, 5.41) is 11.5. The van der Waals surface area contributed by atoms with Crippen LogP contribution in [0.2, 0.25) is 5.02 Å². The molecule has 0 aliphatic carbocycles. The second kappa shape index (κ2) is 7.67. The van der Waals surface area contributed by atoms with Gasteiger partial charge in [0.05, 0.1) is 4.90 Å². The van der Waals surface area contributed by atoms with Crippen LogP contribution in [0.3, 0.4) is 0 Å². The van der Waals surface area contributed by atoms with Crippen molar-refractivity contribution >= 4 is 33.3 Å². The molecule has 2 N–H and O–H groups in total. The van der Waals surface area contributed by atoms with Crippen LogP contribution in [0.1, 0.15) is 5.56 Å². The maximum absolute atomic E-state index is 12.9. The third-order valence-electron chi connectivity index (χ3n) is 3.41. The molecule has 0 radical (unpaired) electrons. The van der Waals surface area contributed by atoms with Gasteiger partial charge in [-0.2, -0.15) is 0 Å². The molecule has 3 rings (SSSR count). The summed E-state index contributed by atoms with van der Waals surface area (Å²) in [7, 11) is -3.85. The maximum Gasteiger partial charge on any atom is 0.263 e. The van der Waals surface area contributed by atoms with Gasteiger partial charge in [-0.05, 0) is 54.1 Å². The first-order valence-corrected chi connectivity index (χ1v) is 9.39. The van der Waals surface area contributed by atoms with Gasteiger partial charge in [0.15, 0.2) is 5.82 Å². The van der Waals surface area contributed by atoms with Gasteiger partial charge in [-0.15, -0.1) is 10.2 Å². The summed E-state index contributed by atoms with van der Waals surface area (Å²) in [6.45, 7) is 0.520. The smallest absolute Gasteiger partial charge is 0.263 e. The summed E-state index contributed by atoms with van der Waals surface area (Å²) in [5.41, 5.74) is 1.01. The molecule has 26 heavy (non-hydrogen) atoms. The quantitative estimate of drug-likeness (QED) is 0.668. The van der Waals surface area contributed by atoms with Gasteiger partial charge in [0.1, 0.15) is 11.6 Å². The Morgan fingerprint density at radius 3 is 2.12 bits per heavy atom. The molecule has 1 aromatic heterocycles. The minimum Gasteiger partial charge on any atom is -0.365 e. The fourth-order valence-electron chi connectivity index (χ4n) is 2.09. The Labute approximate surface area is 155 Å². The lowest BCUT2D eigenvalue weighted by atomic mass is 10.2. The van der Waals surface area contributed by atoms with Gasteiger partial charge < -0.3 is 5.32 Å². The molecule has 0 unspecified atom stereocenters. The van der Waals surface area contributed by atoms with Crippen molar-refractivity contribution in [3.63, 3.8) is 0 Å². The number of nitrogens with one attached hydrogen (secondary N) is 2. The molecule has 0 saturated carbocycles. The minimum absolute atomic E-state index is 0.0615. The van der Waals surface area contributed by atoms with Crippen LogP contribution in [0.25, 0.3) is 0 Å². The molecule has 0 bridgehead atoms. The average molecular weight is 393 g/mol. The molecule has 0 spiro atoms. The van der Waals surface area contributed by atoms with E-state index < -0.39 is 15.8 Å². The summed E-state index contributed by atoms with van der Waals surface area (Å²) in [6, 6.07) is 14.9. The lowest BCUT2D eigenvalue weighted by Gasteiger charge is -2.08. The first-order chi connectivity index (χ1) is 12.4. The van der Waals surface area contributed by atoms with Gasteiger partial charge >= 0.3 is 0 Å². The molecule has 0 aliphatic rings. The fourth-order valence-corrected chi connectivity index (χ4v) is 3.21. The molecule has 9 heteroatoms. The molecule has 3 aromatic rings. The van der Waals surface area contributed by atoms with E-state index in [0.29, 0.717) is 17.4 Å². The lowest BCUT2D eigenvalue weighted by Crippen LogP contribution is -2.14. The van der Waals surface area contributed by atoms with E-state index in [1.54, 1.807) is 18.2 Å². The summed E-state index contributed by atoms with van der Waals surface area (Å²) in [4.78, 5) is -0.0642. The first-order valence-electron chi connectivity index (χ1n) is 7.53. The number of anilines is 2. The number of halogens is 2. The summed E-state index contributed by atoms with van der Waals surface area (Å²) >= 11 is 5.83. The van der Waals surface area contributed by atoms with E-state index in [9.17, 15) is 12.8 Å². The lowest BCUT2D eigenvalue weighted by molar-refractivity contribution is 0.599. The molecule has 1 heterocycles. The monoisotopic (exact) mass is 392 g/mol. The average Bonchev–Trinajstić information content (AvgIpc) is 2.62. The van der Waals surface area contributed by atoms with Crippen LogP contribution in [0.15, 0.2) is 65.6 Å². The van der Waals surface area contributed by atoms with E-state index in [0.717, 1.165) is 17.7 Å². The Kier molecular flexibility index (Phi) is 5.34. The van der Waals surface area contributed by atoms with E-state index in [2.05, 4.69) is 20.2 Å². The topological polar surface area (TPSA) is 84.0 Å². The highest BCUT2D eigenvalue weighted by molar-refractivity contribution is 7.92. The van der Waals surface area contributed by atoms with E-state index in [1.165, 1.54) is 18.2 Å². The summed E-state index contributed by atoms with van der Waals surface area (Å²) in [6.07, 6.45) is 0. The van der Waals surface area contributed by atoms with Crippen molar-refractivity contribution in [2.75, 3.05) is 10.0 Å². The highest BCUT2D eigenvalue weighted by atomic mass is 35.5. The minimum atomic E-state index is -3.85. The molecule has 0 fully saturated rings. The van der Waals surface area contributed by atoms with Crippen molar-refractivity contribution in [3.05, 3.63) is 77.1 Å². The molecular formula is C17H14ClFN4O2S. The largest absolute Gasteiger partial charge is 0.365 e. The van der Waals surface area contributed by atoms with E-state index >= 15 is 0 Å². The van der Waals surface area contributed by atoms with Crippen molar-refractivity contribution in [1.82, 2.24) is 10.2 Å². The molecule has 0 atom stereocenters. The van der Waals surface area contributed by atoms with Gasteiger partial charge in [-0.25, -0.2) is 12.8 Å². The van der Waals surface area contributed by atoms with Crippen molar-refractivity contribution in [2.24, 2.45) is 0 Å². The zero-order chi connectivity index (χ0) is 18.6. The van der Waals surface area contributed by atoms with Gasteiger partial charge in [-0.3, -0.25) is 4.72 Å². The summed E-state index contributed by atoms with van der Waals surface area (Å²) in [5.74, 6) is 0.0379. The molecule has 2 aromatic carbocycles. The molecule has 0 saturated heterocycles. The maximum atomic E-state index is 12.9. The number of hydrogen-bond acceptors (Lipinski definition) is 5. The van der Waals surface area contributed by atoms with Crippen molar-refractivity contribution < 1.29 is 12.8 Å². The number of aromatic nitrogens is 2. The van der Waals surface area contributed by atoms with Gasteiger partial charge in [-0.1, -0.05) is 23.7 Å². The highest BCUT2D eigenvalue weighted by Crippen LogP contribution is 2.16. The predicted octanol–water partition coefficient (Wildman–Crippen LogP) is 3.68. The molecule has 0 amide bonds. The van der Waals surface area contributed by atoms with Crippen LogP contribution in [-0.4, -0.2) is 18.6 Å². The van der Waals surface area contributed by atoms with Crippen molar-refractivity contribution in [3.8, 4) is 0 Å². The second-order valence-electron chi connectivity index (χ2n) is 5.34. The number of nitrogens with zero attached hydrogens (tertiary/aromatic N) is 2. The third-order valence-corrected chi connectivity index (χ3v) is 5.04. The molecular weight excluding hydrogens is 379 g/mol. The predicted molar refractivity (Wildman–Crippen MR) is 98.0 cm³/mol. The molecule has 6 nitrogen and oxygen atoms in total. The second-order valence-corrected chi connectivity index (χ2v) is 7.46. The zero-order valence-electron chi connectivity index (χ0n) is 13.4. The van der Waals surface area contributed by atoms with Gasteiger partial charge in [0.25, 0.3) is 10.0 Å². The Hall–Kier alpha value is -2.71. The first kappa shape index (κ1) is 18.1. The Bertz CT molecular complexity index is 979. The normalized spacial score (nSPS) is 11.2. The Balaban J connectivity index is 1.63. The van der Waals surface area contributed by atoms with Crippen LogP contribution >= 0.6 is 11.6 Å². The number of hydrogen-bond donors (Lipinski definition) is 2. The van der Waals surface area contributed by atoms with Crippen molar-refractivity contribution in [2.45, 2.75) is 11.4 Å². The zero-order valence-corrected chi connectivity index (χ0v) is 14.9. The van der Waals surface area contributed by atoms with Crippen LogP contribution in [0.5, 0.6) is 0 Å². The van der Waals surface area contributed by atoms with E-state index in [4.69, 9.17) is 11.6 Å². The molecule has 0 aliphatic heterocycles. The van der Waals surface area contributed by atoms with Crippen LogP contribution < -0.4 is 10.0 Å². The van der Waals surface area contributed by atoms with E-state index in [1.807, 2.05) is 12.1 Å². The Morgan fingerprint density at radius 2 is 1.50 bits per heavy atom. The van der Waals surface area contributed by atoms with Crippen molar-refractivity contribution in [1.29, 1.82) is 0 Å². The molecule has 134 valence electrons. The van der Waals surface area contributed by atoms with Gasteiger partial charge in [0, 0.05) is 11.6 Å². The van der Waals surface area contributed by atoms with Crippen LogP contribution in [-0.2, 0) is 16.6 Å². The SMILES string of the molecule is O=S(=O)(Nc1ccc(NCc2ccc(Cl)cc2)nn1)c1ccc(F)cc1. The highest BCUT2D eigenvalue weighted by Gasteiger charge is 2.15. The van der Waals surface area contributed by atoms with Crippen LogP contribution in [0.4, 0.5) is 16.0 Å². The van der Waals surface area contributed by atoms with Crippen LogP contribution in [0, 0.1) is 5.82 Å². The Morgan fingerprint density at radius 1 is 0.885 bits per heavy atom. The number of sulfonamides is 1. The van der Waals surface area contributed by atoms with E-state index in [-0.39, 0.29) is 10.7 Å². The number of benzene rings is 2. The third kappa shape index (κ3) is 4.68. The standard InChI is InChI=1S/C17H14ClFN4O2S/c18-13-3-1-12(2-4-13)11-20-16-9-10-17(22-21-16)23-26(24,25)15-7-5-14(19)6-8-15/h1-10H,11H2,(H,20,21)(H,22,23).